The summed E-state index contributed by atoms with van der Waals surface area (Å²) in [6.45, 7) is 0.810. The molecule has 0 aliphatic carbocycles. The lowest BCUT2D eigenvalue weighted by molar-refractivity contribution is 0.361. The highest BCUT2D eigenvalue weighted by Gasteiger charge is 2.32. The van der Waals surface area contributed by atoms with Crippen molar-refractivity contribution >= 4 is 17.6 Å². The van der Waals surface area contributed by atoms with E-state index in [0.717, 1.165) is 36.7 Å². The summed E-state index contributed by atoms with van der Waals surface area (Å²) in [4.78, 5) is 25.0. The van der Waals surface area contributed by atoms with E-state index in [9.17, 15) is 0 Å². The summed E-state index contributed by atoms with van der Waals surface area (Å²) in [5.41, 5.74) is 1.50. The third kappa shape index (κ3) is 3.67. The van der Waals surface area contributed by atoms with E-state index in [1.807, 2.05) is 36.2 Å². The summed E-state index contributed by atoms with van der Waals surface area (Å²) < 4.78 is 11.2. The number of aromatic amines is 1. The molecule has 1 unspecified atom stereocenters. The Hall–Kier alpha value is -3.95. The van der Waals surface area contributed by atoms with Crippen LogP contribution in [0.4, 0.5) is 17.6 Å². The van der Waals surface area contributed by atoms with Crippen LogP contribution >= 0.6 is 0 Å². The molecule has 4 aromatic heterocycles. The van der Waals surface area contributed by atoms with Gasteiger partial charge in [-0.2, -0.15) is 9.97 Å². The highest BCUT2D eigenvalue weighted by molar-refractivity contribution is 5.58. The molecule has 1 aliphatic heterocycles. The van der Waals surface area contributed by atoms with Crippen molar-refractivity contribution < 1.29 is 9.26 Å². The molecule has 1 atom stereocenters. The number of nitrogens with zero attached hydrogens (tertiary/aromatic N) is 7. The van der Waals surface area contributed by atoms with Crippen molar-refractivity contribution in [3.63, 3.8) is 0 Å². The number of hydrogen-bond acceptors (Lipinski definition) is 9. The second-order valence-electron chi connectivity index (χ2n) is 7.25. The number of imidazole rings is 1. The molecule has 1 fully saturated rings. The summed E-state index contributed by atoms with van der Waals surface area (Å²) in [5.74, 6) is 3.36. The Bertz CT molecular complexity index is 1150. The van der Waals surface area contributed by atoms with Gasteiger partial charge in [-0.05, 0) is 25.0 Å². The molecule has 1 aliphatic rings. The third-order valence-electron chi connectivity index (χ3n) is 5.37. The van der Waals surface area contributed by atoms with Gasteiger partial charge < -0.3 is 24.0 Å². The molecule has 0 aromatic carbocycles. The summed E-state index contributed by atoms with van der Waals surface area (Å²) in [6.07, 6.45) is 7.03. The molecule has 1 N–H and O–H groups in total. The van der Waals surface area contributed by atoms with Gasteiger partial charge in [0.25, 0.3) is 0 Å². The van der Waals surface area contributed by atoms with E-state index in [1.165, 1.54) is 0 Å². The topological polar surface area (TPSA) is 109 Å². The number of rotatable bonds is 6. The number of methoxy groups -OCH3 is 1. The van der Waals surface area contributed by atoms with Crippen molar-refractivity contribution in [2.24, 2.45) is 0 Å². The maximum atomic E-state index is 5.71. The van der Waals surface area contributed by atoms with Gasteiger partial charge in [0.2, 0.25) is 11.8 Å². The monoisotopic (exact) mass is 418 g/mol. The van der Waals surface area contributed by atoms with Crippen molar-refractivity contribution in [1.82, 2.24) is 30.1 Å². The standard InChI is InChI=1S/C21H22N8O2/c1-28(19-12-22-13-24-19)18-11-20(30-2)26-21(25-18)29-9-5-7-16(29)17-10-15(27-31-17)14-6-3-4-8-23-14/h3-4,6,8,10-13,16H,5,7,9H2,1-2H3,(H,22,24). The van der Waals surface area contributed by atoms with E-state index < -0.39 is 0 Å². The SMILES string of the molecule is COc1cc(N(C)c2cnc[nH]2)nc(N2CCCC2c2cc(-c3ccccn3)no2)n1. The Morgan fingerprint density at radius 3 is 2.94 bits per heavy atom. The maximum absolute atomic E-state index is 5.71. The van der Waals surface area contributed by atoms with Crippen LogP contribution in [0.3, 0.4) is 0 Å². The summed E-state index contributed by atoms with van der Waals surface area (Å²) in [5, 5.41) is 4.22. The van der Waals surface area contributed by atoms with Gasteiger partial charge in [0, 0.05) is 31.9 Å². The van der Waals surface area contributed by atoms with Crippen molar-refractivity contribution in [3.05, 3.63) is 54.8 Å². The predicted octanol–water partition coefficient (Wildman–Crippen LogP) is 3.37. The van der Waals surface area contributed by atoms with Crippen molar-refractivity contribution in [2.45, 2.75) is 18.9 Å². The van der Waals surface area contributed by atoms with Crippen molar-refractivity contribution in [1.29, 1.82) is 0 Å². The van der Waals surface area contributed by atoms with E-state index in [2.05, 4.69) is 30.0 Å². The van der Waals surface area contributed by atoms with Crippen LogP contribution in [0.15, 0.2) is 53.6 Å². The van der Waals surface area contributed by atoms with Crippen LogP contribution in [0.1, 0.15) is 24.6 Å². The smallest absolute Gasteiger partial charge is 0.231 e. The zero-order chi connectivity index (χ0) is 21.2. The summed E-state index contributed by atoms with van der Waals surface area (Å²) in [7, 11) is 3.51. The minimum absolute atomic E-state index is 0.0117. The number of aromatic nitrogens is 6. The maximum Gasteiger partial charge on any atom is 0.231 e. The van der Waals surface area contributed by atoms with Gasteiger partial charge in [-0.15, -0.1) is 0 Å². The fourth-order valence-electron chi connectivity index (χ4n) is 3.74. The minimum Gasteiger partial charge on any atom is -0.481 e. The van der Waals surface area contributed by atoms with Crippen LogP contribution < -0.4 is 14.5 Å². The Morgan fingerprint density at radius 2 is 2.16 bits per heavy atom. The summed E-state index contributed by atoms with van der Waals surface area (Å²) in [6, 6.07) is 9.45. The lowest BCUT2D eigenvalue weighted by Gasteiger charge is -2.25. The van der Waals surface area contributed by atoms with E-state index in [-0.39, 0.29) is 6.04 Å². The van der Waals surface area contributed by atoms with Gasteiger partial charge in [0.15, 0.2) is 5.76 Å². The van der Waals surface area contributed by atoms with E-state index in [1.54, 1.807) is 31.9 Å². The minimum atomic E-state index is -0.0117. The Balaban J connectivity index is 1.47. The average Bonchev–Trinajstić information content (AvgIpc) is 3.59. The molecular formula is C21H22N8O2. The first kappa shape index (κ1) is 19.0. The Morgan fingerprint density at radius 1 is 1.23 bits per heavy atom. The second-order valence-corrected chi connectivity index (χ2v) is 7.25. The first-order valence-electron chi connectivity index (χ1n) is 10.0. The molecule has 0 radical (unpaired) electrons. The van der Waals surface area contributed by atoms with Gasteiger partial charge >= 0.3 is 0 Å². The van der Waals surface area contributed by atoms with Gasteiger partial charge in [0.05, 0.1) is 31.4 Å². The normalized spacial score (nSPS) is 15.9. The third-order valence-corrected chi connectivity index (χ3v) is 5.37. The van der Waals surface area contributed by atoms with Crippen LogP contribution in [0, 0.1) is 0 Å². The fraction of sp³-hybridized carbons (Fsp3) is 0.286. The molecule has 5 rings (SSSR count). The van der Waals surface area contributed by atoms with E-state index in [4.69, 9.17) is 14.2 Å². The number of hydrogen-bond donors (Lipinski definition) is 1. The Kier molecular flexibility index (Phi) is 4.95. The van der Waals surface area contributed by atoms with Gasteiger partial charge in [-0.3, -0.25) is 4.98 Å². The number of pyridine rings is 1. The van der Waals surface area contributed by atoms with Crippen LogP contribution in [0.25, 0.3) is 11.4 Å². The molecule has 158 valence electrons. The number of ether oxygens (including phenoxy) is 1. The molecule has 10 heteroatoms. The predicted molar refractivity (Wildman–Crippen MR) is 114 cm³/mol. The molecule has 1 saturated heterocycles. The van der Waals surface area contributed by atoms with Gasteiger partial charge in [0.1, 0.15) is 17.3 Å². The highest BCUT2D eigenvalue weighted by atomic mass is 16.5. The molecule has 0 saturated carbocycles. The van der Waals surface area contributed by atoms with Crippen LogP contribution in [-0.2, 0) is 0 Å². The highest BCUT2D eigenvalue weighted by Crippen LogP contribution is 2.37. The molecule has 31 heavy (non-hydrogen) atoms. The molecule has 4 aromatic rings. The van der Waals surface area contributed by atoms with Gasteiger partial charge in [-0.25, -0.2) is 4.98 Å². The van der Waals surface area contributed by atoms with Crippen LogP contribution in [0.5, 0.6) is 5.88 Å². The van der Waals surface area contributed by atoms with Crippen molar-refractivity contribution in [2.75, 3.05) is 30.5 Å². The second kappa shape index (κ2) is 8.05. The molecule has 5 heterocycles. The quantitative estimate of drug-likeness (QED) is 0.504. The zero-order valence-corrected chi connectivity index (χ0v) is 17.3. The lowest BCUT2D eigenvalue weighted by atomic mass is 10.1. The van der Waals surface area contributed by atoms with Crippen LogP contribution in [0.2, 0.25) is 0 Å². The lowest BCUT2D eigenvalue weighted by Crippen LogP contribution is -2.25. The number of H-pyrrole nitrogens is 1. The number of nitrogens with one attached hydrogen (secondary N) is 1. The molecular weight excluding hydrogens is 396 g/mol. The van der Waals surface area contributed by atoms with Crippen molar-refractivity contribution in [3.8, 4) is 17.3 Å². The van der Waals surface area contributed by atoms with Crippen LogP contribution in [-0.4, -0.2) is 50.8 Å². The number of anilines is 3. The Labute approximate surface area is 178 Å². The molecule has 0 bridgehead atoms. The first-order valence-corrected chi connectivity index (χ1v) is 10.0. The molecule has 10 nitrogen and oxygen atoms in total. The average molecular weight is 418 g/mol. The van der Waals surface area contributed by atoms with E-state index in [0.29, 0.717) is 23.3 Å². The zero-order valence-electron chi connectivity index (χ0n) is 17.3. The van der Waals surface area contributed by atoms with Gasteiger partial charge in [-0.1, -0.05) is 11.2 Å². The molecule has 0 spiro atoms. The van der Waals surface area contributed by atoms with E-state index >= 15 is 0 Å². The first-order chi connectivity index (χ1) is 15.2. The summed E-state index contributed by atoms with van der Waals surface area (Å²) >= 11 is 0. The fourth-order valence-corrected chi connectivity index (χ4v) is 3.74. The molecule has 0 amide bonds. The largest absolute Gasteiger partial charge is 0.481 e.